The summed E-state index contributed by atoms with van der Waals surface area (Å²) in [5.74, 6) is -0.686. The van der Waals surface area contributed by atoms with Gasteiger partial charge < -0.3 is 5.32 Å². The number of halogens is 2. The number of hydrazone groups is 1. The smallest absolute Gasteiger partial charge is 0.267 e. The van der Waals surface area contributed by atoms with Crippen molar-refractivity contribution >= 4 is 50.6 Å². The van der Waals surface area contributed by atoms with Crippen molar-refractivity contribution in [2.75, 3.05) is 18.1 Å². The van der Waals surface area contributed by atoms with Gasteiger partial charge in [-0.1, -0.05) is 35.3 Å². The van der Waals surface area contributed by atoms with Gasteiger partial charge >= 0.3 is 0 Å². The second-order valence-corrected chi connectivity index (χ2v) is 9.57. The Morgan fingerprint density at radius 1 is 1.30 bits per heavy atom. The predicted molar refractivity (Wildman–Crippen MR) is 104 cm³/mol. The van der Waals surface area contributed by atoms with Crippen molar-refractivity contribution in [1.29, 1.82) is 0 Å². The minimum absolute atomic E-state index is 0.0406. The highest BCUT2D eigenvalue weighted by molar-refractivity contribution is 7.91. The minimum Gasteiger partial charge on any atom is -0.351 e. The van der Waals surface area contributed by atoms with E-state index in [0.29, 0.717) is 29.4 Å². The second kappa shape index (κ2) is 8.16. The van der Waals surface area contributed by atoms with E-state index in [1.807, 2.05) is 6.07 Å². The van der Waals surface area contributed by atoms with Gasteiger partial charge in [0, 0.05) is 19.4 Å². The fourth-order valence-corrected chi connectivity index (χ4v) is 5.25. The molecule has 0 aromatic heterocycles. The van der Waals surface area contributed by atoms with Gasteiger partial charge in [0.05, 0.1) is 27.6 Å². The molecule has 1 aromatic rings. The summed E-state index contributed by atoms with van der Waals surface area (Å²) in [6.07, 6.45) is 1.23. The maximum atomic E-state index is 12.4. The van der Waals surface area contributed by atoms with E-state index in [9.17, 15) is 18.0 Å². The Bertz CT molecular complexity index is 901. The van der Waals surface area contributed by atoms with Crippen LogP contribution < -0.4 is 5.32 Å². The van der Waals surface area contributed by atoms with Crippen LogP contribution in [-0.4, -0.2) is 55.0 Å². The number of hydrogen-bond donors (Lipinski definition) is 1. The first-order chi connectivity index (χ1) is 12.8. The van der Waals surface area contributed by atoms with Gasteiger partial charge in [-0.15, -0.1) is 0 Å². The lowest BCUT2D eigenvalue weighted by molar-refractivity contribution is -0.133. The zero-order chi connectivity index (χ0) is 19.6. The van der Waals surface area contributed by atoms with Crippen molar-refractivity contribution in [3.05, 3.63) is 33.8 Å². The van der Waals surface area contributed by atoms with E-state index in [-0.39, 0.29) is 41.9 Å². The van der Waals surface area contributed by atoms with Crippen molar-refractivity contribution < 1.29 is 18.0 Å². The van der Waals surface area contributed by atoms with Gasteiger partial charge in [0.15, 0.2) is 9.84 Å². The Kier molecular flexibility index (Phi) is 6.08. The first kappa shape index (κ1) is 20.1. The Morgan fingerprint density at radius 3 is 2.78 bits per heavy atom. The average Bonchev–Trinajstić information content (AvgIpc) is 2.98. The third kappa shape index (κ3) is 4.80. The summed E-state index contributed by atoms with van der Waals surface area (Å²) < 4.78 is 23.3. The molecular weight excluding hydrogens is 413 g/mol. The molecule has 2 amide bonds. The van der Waals surface area contributed by atoms with E-state index in [1.54, 1.807) is 12.1 Å². The van der Waals surface area contributed by atoms with Crippen molar-refractivity contribution in [2.45, 2.75) is 31.7 Å². The maximum Gasteiger partial charge on any atom is 0.267 e. The third-order valence-corrected chi connectivity index (χ3v) is 7.20. The third-order valence-electron chi connectivity index (χ3n) is 4.59. The van der Waals surface area contributed by atoms with Crippen LogP contribution in [0.15, 0.2) is 23.3 Å². The summed E-state index contributed by atoms with van der Waals surface area (Å²) in [4.78, 5) is 24.5. The predicted octanol–water partition coefficient (Wildman–Crippen LogP) is 1.82. The van der Waals surface area contributed by atoms with E-state index < -0.39 is 15.9 Å². The summed E-state index contributed by atoms with van der Waals surface area (Å²) in [5.41, 5.74) is 1.05. The average molecular weight is 432 g/mol. The molecule has 0 saturated carbocycles. The molecule has 2 heterocycles. The molecule has 1 unspecified atom stereocenters. The fraction of sp³-hybridized carbons (Fsp3) is 0.471. The topological polar surface area (TPSA) is 95.9 Å². The molecule has 1 atom stereocenters. The van der Waals surface area contributed by atoms with E-state index >= 15 is 0 Å². The van der Waals surface area contributed by atoms with Gasteiger partial charge in [0.1, 0.15) is 5.71 Å². The van der Waals surface area contributed by atoms with Crippen LogP contribution in [0.25, 0.3) is 0 Å². The van der Waals surface area contributed by atoms with Crippen LogP contribution in [0, 0.1) is 0 Å². The van der Waals surface area contributed by atoms with Crippen molar-refractivity contribution in [3.8, 4) is 0 Å². The van der Waals surface area contributed by atoms with Gasteiger partial charge in [-0.25, -0.2) is 13.4 Å². The van der Waals surface area contributed by atoms with Gasteiger partial charge in [0.25, 0.3) is 5.91 Å². The lowest BCUT2D eigenvalue weighted by atomic mass is 10.1. The lowest BCUT2D eigenvalue weighted by Gasteiger charge is -2.27. The van der Waals surface area contributed by atoms with Crippen LogP contribution in [0.3, 0.4) is 0 Å². The molecule has 1 aromatic carbocycles. The first-order valence-corrected chi connectivity index (χ1v) is 11.2. The number of sulfone groups is 1. The van der Waals surface area contributed by atoms with Crippen molar-refractivity contribution in [2.24, 2.45) is 5.10 Å². The molecule has 0 radical (unpaired) electrons. The molecule has 146 valence electrons. The Balaban J connectivity index is 1.61. The first-order valence-electron chi connectivity index (χ1n) is 8.58. The molecule has 1 N–H and O–H groups in total. The van der Waals surface area contributed by atoms with Gasteiger partial charge in [0.2, 0.25) is 5.91 Å². The quantitative estimate of drug-likeness (QED) is 0.768. The largest absolute Gasteiger partial charge is 0.351 e. The molecule has 2 aliphatic rings. The van der Waals surface area contributed by atoms with Gasteiger partial charge in [-0.2, -0.15) is 5.10 Å². The molecule has 0 spiro atoms. The number of carbonyl (C=O) groups is 2. The molecule has 0 aliphatic carbocycles. The molecule has 27 heavy (non-hydrogen) atoms. The van der Waals surface area contributed by atoms with Crippen LogP contribution in [0.1, 0.15) is 24.8 Å². The molecule has 0 bridgehead atoms. The molecule has 2 aliphatic heterocycles. The zero-order valence-corrected chi connectivity index (χ0v) is 16.8. The van der Waals surface area contributed by atoms with Crippen LogP contribution in [-0.2, 0) is 25.8 Å². The number of carbonyl (C=O) groups excluding carboxylic acids is 2. The summed E-state index contributed by atoms with van der Waals surface area (Å²) in [7, 11) is -3.15. The Labute approximate surface area is 167 Å². The van der Waals surface area contributed by atoms with Crippen LogP contribution in [0.2, 0.25) is 10.0 Å². The zero-order valence-electron chi connectivity index (χ0n) is 14.5. The Hall–Kier alpha value is -1.64. The molecule has 1 saturated heterocycles. The number of nitrogens with one attached hydrogen (secondary N) is 1. The fourth-order valence-electron chi connectivity index (χ4n) is 3.14. The number of amides is 2. The van der Waals surface area contributed by atoms with Crippen molar-refractivity contribution in [1.82, 2.24) is 10.3 Å². The van der Waals surface area contributed by atoms with E-state index in [4.69, 9.17) is 23.2 Å². The van der Waals surface area contributed by atoms with Gasteiger partial charge in [-0.05, 0) is 24.5 Å². The number of rotatable bonds is 5. The normalized spacial score (nSPS) is 21.9. The molecule has 10 heteroatoms. The molecule has 7 nitrogen and oxygen atoms in total. The van der Waals surface area contributed by atoms with E-state index in [2.05, 4.69) is 10.4 Å². The summed E-state index contributed by atoms with van der Waals surface area (Å²) in [6, 6.07) is 4.82. The number of nitrogens with zero attached hydrogens (tertiary/aromatic N) is 2. The molecule has 3 rings (SSSR count). The summed E-state index contributed by atoms with van der Waals surface area (Å²) in [6.45, 7) is 0.337. The van der Waals surface area contributed by atoms with Crippen LogP contribution >= 0.6 is 23.2 Å². The molecule has 1 fully saturated rings. The standard InChI is InChI=1S/C17H19Cl2N3O4S/c18-13-3-1-2-11(16(13)19)6-8-20-17(24)14-4-5-15(23)22(21-14)12-7-9-27(25,26)10-12/h1-3,12H,4-10H2,(H,20,24). The summed E-state index contributed by atoms with van der Waals surface area (Å²) in [5, 5.41) is 9.00. The Morgan fingerprint density at radius 2 is 2.07 bits per heavy atom. The summed E-state index contributed by atoms with van der Waals surface area (Å²) >= 11 is 12.1. The van der Waals surface area contributed by atoms with Crippen LogP contribution in [0.4, 0.5) is 0 Å². The second-order valence-electron chi connectivity index (χ2n) is 6.56. The maximum absolute atomic E-state index is 12.4. The number of hydrogen-bond acceptors (Lipinski definition) is 5. The highest BCUT2D eigenvalue weighted by Gasteiger charge is 2.37. The molecular formula is C17H19Cl2N3O4S. The monoisotopic (exact) mass is 431 g/mol. The minimum atomic E-state index is -3.15. The SMILES string of the molecule is O=C(NCCc1cccc(Cl)c1Cl)C1=NN(C2CCS(=O)(=O)C2)C(=O)CC1. The van der Waals surface area contributed by atoms with Crippen LogP contribution in [0.5, 0.6) is 0 Å². The van der Waals surface area contributed by atoms with Gasteiger partial charge in [-0.3, -0.25) is 9.59 Å². The lowest BCUT2D eigenvalue weighted by Crippen LogP contribution is -2.44. The van der Waals surface area contributed by atoms with Crippen molar-refractivity contribution in [3.63, 3.8) is 0 Å². The van der Waals surface area contributed by atoms with E-state index in [0.717, 1.165) is 5.56 Å². The number of benzene rings is 1. The highest BCUT2D eigenvalue weighted by Crippen LogP contribution is 2.25. The highest BCUT2D eigenvalue weighted by atomic mass is 35.5. The van der Waals surface area contributed by atoms with E-state index in [1.165, 1.54) is 5.01 Å².